The van der Waals surface area contributed by atoms with Gasteiger partial charge in [-0.2, -0.15) is 0 Å². The first-order chi connectivity index (χ1) is 14.0. The van der Waals surface area contributed by atoms with E-state index in [0.717, 1.165) is 59.8 Å². The summed E-state index contributed by atoms with van der Waals surface area (Å²) in [6.07, 6.45) is 3.68. The fraction of sp³-hybridized carbons (Fsp3) is 0.435. The maximum atomic E-state index is 13.0. The first kappa shape index (κ1) is 19.4. The molecule has 0 radical (unpaired) electrons. The van der Waals surface area contributed by atoms with Gasteiger partial charge in [0.1, 0.15) is 17.1 Å². The number of benzene rings is 1. The summed E-state index contributed by atoms with van der Waals surface area (Å²) in [6.45, 7) is 7.84. The SMILES string of the molecule is COc1ccc(C(=O)N2CC[C@H](Cc3nc4cccnc4n3C(C)C)C2)c(C)c1. The molecule has 6 nitrogen and oxygen atoms in total. The van der Waals surface area contributed by atoms with Crippen molar-refractivity contribution in [2.24, 2.45) is 5.92 Å². The Labute approximate surface area is 171 Å². The number of hydrogen-bond acceptors (Lipinski definition) is 4. The number of aromatic nitrogens is 3. The molecule has 3 aromatic rings. The van der Waals surface area contributed by atoms with E-state index in [1.54, 1.807) is 7.11 Å². The number of carbonyl (C=O) groups excluding carboxylic acids is 1. The molecule has 29 heavy (non-hydrogen) atoms. The Bertz CT molecular complexity index is 1040. The smallest absolute Gasteiger partial charge is 0.254 e. The van der Waals surface area contributed by atoms with Crippen molar-refractivity contribution in [1.82, 2.24) is 19.4 Å². The highest BCUT2D eigenvalue weighted by Crippen LogP contribution is 2.27. The topological polar surface area (TPSA) is 60.2 Å². The summed E-state index contributed by atoms with van der Waals surface area (Å²) in [7, 11) is 1.64. The Balaban J connectivity index is 1.50. The molecular weight excluding hydrogens is 364 g/mol. The van der Waals surface area contributed by atoms with Gasteiger partial charge in [-0.05, 0) is 69.0 Å². The van der Waals surface area contributed by atoms with Crippen LogP contribution in [-0.4, -0.2) is 45.5 Å². The fourth-order valence-electron chi connectivity index (χ4n) is 4.28. The van der Waals surface area contributed by atoms with Gasteiger partial charge in [-0.15, -0.1) is 0 Å². The van der Waals surface area contributed by atoms with Gasteiger partial charge in [-0.1, -0.05) is 0 Å². The van der Waals surface area contributed by atoms with E-state index in [0.29, 0.717) is 12.0 Å². The maximum absolute atomic E-state index is 13.0. The van der Waals surface area contributed by atoms with Crippen molar-refractivity contribution in [1.29, 1.82) is 0 Å². The van der Waals surface area contributed by atoms with Gasteiger partial charge in [0.25, 0.3) is 5.91 Å². The van der Waals surface area contributed by atoms with Crippen molar-refractivity contribution in [2.75, 3.05) is 20.2 Å². The van der Waals surface area contributed by atoms with Gasteiger partial charge >= 0.3 is 0 Å². The molecule has 2 aromatic heterocycles. The monoisotopic (exact) mass is 392 g/mol. The molecule has 1 atom stereocenters. The second kappa shape index (κ2) is 7.85. The minimum absolute atomic E-state index is 0.103. The zero-order chi connectivity index (χ0) is 20.5. The molecule has 0 spiro atoms. The summed E-state index contributed by atoms with van der Waals surface area (Å²) in [6, 6.07) is 9.88. The van der Waals surface area contributed by atoms with Crippen molar-refractivity contribution < 1.29 is 9.53 Å². The summed E-state index contributed by atoms with van der Waals surface area (Å²) >= 11 is 0. The molecule has 1 aliphatic heterocycles. The van der Waals surface area contributed by atoms with Crippen molar-refractivity contribution in [3.63, 3.8) is 0 Å². The van der Waals surface area contributed by atoms with Crippen LogP contribution in [0.1, 0.15) is 48.1 Å². The van der Waals surface area contributed by atoms with E-state index in [4.69, 9.17) is 9.72 Å². The third-order valence-corrected chi connectivity index (χ3v) is 5.75. The molecule has 1 aromatic carbocycles. The van der Waals surface area contributed by atoms with Crippen molar-refractivity contribution >= 4 is 17.1 Å². The molecule has 1 aliphatic rings. The number of methoxy groups -OCH3 is 1. The Morgan fingerprint density at radius 2 is 2.14 bits per heavy atom. The van der Waals surface area contributed by atoms with E-state index in [1.165, 1.54) is 0 Å². The van der Waals surface area contributed by atoms with Gasteiger partial charge < -0.3 is 14.2 Å². The molecule has 1 fully saturated rings. The minimum Gasteiger partial charge on any atom is -0.497 e. The highest BCUT2D eigenvalue weighted by molar-refractivity contribution is 5.96. The molecule has 6 heteroatoms. The number of aryl methyl sites for hydroxylation is 1. The lowest BCUT2D eigenvalue weighted by Crippen LogP contribution is -2.29. The van der Waals surface area contributed by atoms with Crippen LogP contribution in [0.15, 0.2) is 36.5 Å². The van der Waals surface area contributed by atoms with E-state index in [1.807, 2.05) is 48.4 Å². The van der Waals surface area contributed by atoms with Crippen LogP contribution in [0.4, 0.5) is 0 Å². The number of fused-ring (bicyclic) bond motifs is 1. The number of rotatable bonds is 5. The molecular formula is C23H28N4O2. The average Bonchev–Trinajstić information content (AvgIpc) is 3.31. The van der Waals surface area contributed by atoms with Crippen LogP contribution in [0.3, 0.4) is 0 Å². The molecule has 0 bridgehead atoms. The molecule has 0 aliphatic carbocycles. The average molecular weight is 393 g/mol. The number of pyridine rings is 1. The molecule has 3 heterocycles. The van der Waals surface area contributed by atoms with E-state index in [2.05, 4.69) is 23.4 Å². The quantitative estimate of drug-likeness (QED) is 0.658. The third kappa shape index (κ3) is 3.71. The first-order valence-electron chi connectivity index (χ1n) is 10.2. The molecule has 4 rings (SSSR count). The predicted octanol–water partition coefficient (Wildman–Crippen LogP) is 4.03. The third-order valence-electron chi connectivity index (χ3n) is 5.75. The van der Waals surface area contributed by atoms with Crippen LogP contribution in [0.25, 0.3) is 11.2 Å². The van der Waals surface area contributed by atoms with Crippen LogP contribution >= 0.6 is 0 Å². The molecule has 1 amide bonds. The Morgan fingerprint density at radius 1 is 1.31 bits per heavy atom. The van der Waals surface area contributed by atoms with Crippen molar-refractivity contribution in [3.8, 4) is 5.75 Å². The summed E-state index contributed by atoms with van der Waals surface area (Å²) in [5.74, 6) is 2.35. The Morgan fingerprint density at radius 3 is 2.86 bits per heavy atom. The van der Waals surface area contributed by atoms with Gasteiger partial charge in [-0.25, -0.2) is 9.97 Å². The van der Waals surface area contributed by atoms with Gasteiger partial charge in [0.2, 0.25) is 0 Å². The van der Waals surface area contributed by atoms with Crippen LogP contribution in [0.5, 0.6) is 5.75 Å². The van der Waals surface area contributed by atoms with E-state index in [-0.39, 0.29) is 5.91 Å². The Kier molecular flexibility index (Phi) is 5.26. The Hall–Kier alpha value is -2.89. The second-order valence-corrected chi connectivity index (χ2v) is 8.13. The number of ether oxygens (including phenoxy) is 1. The summed E-state index contributed by atoms with van der Waals surface area (Å²) < 4.78 is 7.48. The fourth-order valence-corrected chi connectivity index (χ4v) is 4.28. The summed E-state index contributed by atoms with van der Waals surface area (Å²) in [5.41, 5.74) is 3.59. The summed E-state index contributed by atoms with van der Waals surface area (Å²) in [4.78, 5) is 24.4. The lowest BCUT2D eigenvalue weighted by molar-refractivity contribution is 0.0786. The standard InChI is InChI=1S/C23H28N4O2/c1-15(2)27-21(25-20-6-5-10-24-22(20)27)13-17-9-11-26(14-17)23(28)19-8-7-18(29-4)12-16(19)3/h5-8,10,12,15,17H,9,11,13-14H2,1-4H3/t17-/m1/s1. The molecule has 0 unspecified atom stereocenters. The molecule has 0 N–H and O–H groups in total. The van der Waals surface area contributed by atoms with Crippen LogP contribution < -0.4 is 4.74 Å². The predicted molar refractivity (Wildman–Crippen MR) is 113 cm³/mol. The minimum atomic E-state index is 0.103. The number of imidazole rings is 1. The molecule has 0 saturated carbocycles. The zero-order valence-corrected chi connectivity index (χ0v) is 17.6. The second-order valence-electron chi connectivity index (χ2n) is 8.13. The van der Waals surface area contributed by atoms with Gasteiger partial charge in [0, 0.05) is 37.3 Å². The van der Waals surface area contributed by atoms with Crippen molar-refractivity contribution in [2.45, 2.75) is 39.7 Å². The number of nitrogens with zero attached hydrogens (tertiary/aromatic N) is 4. The first-order valence-corrected chi connectivity index (χ1v) is 10.2. The number of amides is 1. The lowest BCUT2D eigenvalue weighted by Gasteiger charge is -2.19. The van der Waals surface area contributed by atoms with Gasteiger partial charge in [-0.3, -0.25) is 4.79 Å². The van der Waals surface area contributed by atoms with E-state index >= 15 is 0 Å². The highest BCUT2D eigenvalue weighted by Gasteiger charge is 2.29. The number of hydrogen-bond donors (Lipinski definition) is 0. The van der Waals surface area contributed by atoms with Crippen LogP contribution in [0.2, 0.25) is 0 Å². The number of likely N-dealkylation sites (tertiary alicyclic amines) is 1. The van der Waals surface area contributed by atoms with Crippen LogP contribution in [-0.2, 0) is 6.42 Å². The van der Waals surface area contributed by atoms with Gasteiger partial charge in [0.15, 0.2) is 5.65 Å². The zero-order valence-electron chi connectivity index (χ0n) is 17.6. The van der Waals surface area contributed by atoms with Crippen molar-refractivity contribution in [3.05, 3.63) is 53.5 Å². The van der Waals surface area contributed by atoms with E-state index < -0.39 is 0 Å². The molecule has 1 saturated heterocycles. The molecule has 152 valence electrons. The van der Waals surface area contributed by atoms with Crippen LogP contribution in [0, 0.1) is 12.8 Å². The maximum Gasteiger partial charge on any atom is 0.254 e. The van der Waals surface area contributed by atoms with E-state index in [9.17, 15) is 4.79 Å². The lowest BCUT2D eigenvalue weighted by atomic mass is 10.0. The highest BCUT2D eigenvalue weighted by atomic mass is 16.5. The normalized spacial score (nSPS) is 16.7. The summed E-state index contributed by atoms with van der Waals surface area (Å²) in [5, 5.41) is 0. The largest absolute Gasteiger partial charge is 0.497 e. The number of carbonyl (C=O) groups is 1. The van der Waals surface area contributed by atoms with Gasteiger partial charge in [0.05, 0.1) is 7.11 Å².